The maximum Gasteiger partial charge on any atom is 0.387 e. The Hall–Kier alpha value is -4.65. The summed E-state index contributed by atoms with van der Waals surface area (Å²) in [4.78, 5) is 27.0. The number of nitrogens with zero attached hydrogens (tertiary/aromatic N) is 2. The standard InChI is InChI=1S/C36H35Cl2F2N3O7/c1-42(17-23-6-5-9-26(14-23)41-34(35(45)46)24-7-3-2-4-8-24)20-33(44)49-31(16-27-28(37)18-43(47)19-29(27)38)25-12-13-30(50-36(39)40)32(15-25)48-21-22-10-11-22/h2-9,12-15,18-19,22,31,34,36,41H,10-11,16-17,20-21H2,1H3,(H,45,46)/p-1/t31-,34?/m0/s1. The molecule has 0 bridgehead atoms. The first-order valence-corrected chi connectivity index (χ1v) is 16.5. The fourth-order valence-corrected chi connectivity index (χ4v) is 5.89. The quantitative estimate of drug-likeness (QED) is 0.0806. The lowest BCUT2D eigenvalue weighted by molar-refractivity contribution is -0.605. The summed E-state index contributed by atoms with van der Waals surface area (Å²) in [5, 5.41) is 26.8. The minimum absolute atomic E-state index is 0.0419. The van der Waals surface area contributed by atoms with E-state index < -0.39 is 30.7 Å². The number of alkyl halides is 2. The molecule has 0 amide bonds. The lowest BCUT2D eigenvalue weighted by atomic mass is 10.0. The molecule has 1 aromatic heterocycles. The van der Waals surface area contributed by atoms with Gasteiger partial charge in [0.25, 0.3) is 0 Å². The zero-order valence-electron chi connectivity index (χ0n) is 26.9. The van der Waals surface area contributed by atoms with Gasteiger partial charge in [-0.05, 0) is 66.8 Å². The first-order valence-electron chi connectivity index (χ1n) is 15.7. The van der Waals surface area contributed by atoms with E-state index in [1.165, 1.54) is 18.2 Å². The second kappa shape index (κ2) is 16.8. The Bertz CT molecular complexity index is 1770. The first-order chi connectivity index (χ1) is 23.9. The van der Waals surface area contributed by atoms with Crippen LogP contribution in [0.5, 0.6) is 11.5 Å². The number of hydrogen-bond acceptors (Lipinski definition) is 9. The highest BCUT2D eigenvalue weighted by Gasteiger charge is 2.27. The van der Waals surface area contributed by atoms with Gasteiger partial charge in [0.2, 0.25) is 0 Å². The van der Waals surface area contributed by atoms with E-state index in [-0.39, 0.29) is 34.5 Å². The third-order valence-corrected chi connectivity index (χ3v) is 8.56. The van der Waals surface area contributed by atoms with Crippen molar-refractivity contribution >= 4 is 40.8 Å². The van der Waals surface area contributed by atoms with Crippen LogP contribution in [-0.4, -0.2) is 43.6 Å². The van der Waals surface area contributed by atoms with Gasteiger partial charge in [-0.15, -0.1) is 0 Å². The van der Waals surface area contributed by atoms with Crippen LogP contribution in [0, 0.1) is 11.1 Å². The molecule has 1 unspecified atom stereocenters. The Morgan fingerprint density at radius 1 is 0.980 bits per heavy atom. The van der Waals surface area contributed by atoms with Crippen LogP contribution in [0.4, 0.5) is 14.5 Å². The average molecular weight is 730 g/mol. The smallest absolute Gasteiger partial charge is 0.387 e. The number of rotatable bonds is 17. The molecule has 0 radical (unpaired) electrons. The van der Waals surface area contributed by atoms with Gasteiger partial charge in [0.05, 0.1) is 25.2 Å². The molecule has 14 heteroatoms. The third-order valence-electron chi connectivity index (χ3n) is 7.91. The second-order valence-corrected chi connectivity index (χ2v) is 12.8. The molecule has 1 saturated carbocycles. The number of carboxylic acids is 1. The summed E-state index contributed by atoms with van der Waals surface area (Å²) < 4.78 is 43.2. The number of hydrogen-bond donors (Lipinski definition) is 1. The normalized spacial score (nSPS) is 13.9. The molecule has 1 aliphatic rings. The second-order valence-electron chi connectivity index (χ2n) is 12.0. The Kier molecular flexibility index (Phi) is 12.3. The minimum atomic E-state index is -3.08. The monoisotopic (exact) mass is 728 g/mol. The molecule has 0 saturated heterocycles. The Labute approximate surface area is 297 Å². The summed E-state index contributed by atoms with van der Waals surface area (Å²) in [5.74, 6) is -1.68. The van der Waals surface area contributed by atoms with Crippen LogP contribution >= 0.6 is 23.2 Å². The van der Waals surface area contributed by atoms with Crippen LogP contribution < -0.4 is 24.6 Å². The fraction of sp³-hybridized carbons (Fsp3) is 0.306. The number of carbonyl (C=O) groups is 2. The number of nitrogens with one attached hydrogen (secondary N) is 1. The molecule has 3 aromatic carbocycles. The van der Waals surface area contributed by atoms with E-state index in [1.54, 1.807) is 60.5 Å². The van der Waals surface area contributed by atoms with Crippen molar-refractivity contribution in [1.29, 1.82) is 0 Å². The molecule has 4 aromatic rings. The molecule has 264 valence electrons. The Morgan fingerprint density at radius 3 is 2.36 bits per heavy atom. The largest absolute Gasteiger partial charge is 0.619 e. The number of pyridine rings is 1. The Morgan fingerprint density at radius 2 is 1.70 bits per heavy atom. The van der Waals surface area contributed by atoms with Crippen molar-refractivity contribution in [2.45, 2.75) is 44.6 Å². The molecule has 10 nitrogen and oxygen atoms in total. The van der Waals surface area contributed by atoms with E-state index >= 15 is 0 Å². The van der Waals surface area contributed by atoms with Crippen LogP contribution in [0.1, 0.15) is 47.2 Å². The highest BCUT2D eigenvalue weighted by atomic mass is 35.5. The molecule has 0 aliphatic heterocycles. The molecule has 1 aliphatic carbocycles. The predicted octanol–water partition coefficient (Wildman–Crippen LogP) is 5.88. The number of benzene rings is 3. The van der Waals surface area contributed by atoms with Gasteiger partial charge in [0, 0.05) is 24.2 Å². The van der Waals surface area contributed by atoms with Crippen molar-refractivity contribution in [2.75, 3.05) is 25.5 Å². The molecule has 1 heterocycles. The molecule has 2 atom stereocenters. The molecule has 50 heavy (non-hydrogen) atoms. The topological polar surface area (TPSA) is 127 Å². The van der Waals surface area contributed by atoms with Gasteiger partial charge in [-0.1, -0.05) is 71.7 Å². The van der Waals surface area contributed by atoms with Crippen LogP contribution in [0.3, 0.4) is 0 Å². The van der Waals surface area contributed by atoms with E-state index in [0.717, 1.165) is 30.8 Å². The number of halogens is 4. The van der Waals surface area contributed by atoms with E-state index in [4.69, 9.17) is 32.7 Å². The first kappa shape index (κ1) is 36.6. The maximum absolute atomic E-state index is 13.4. The van der Waals surface area contributed by atoms with Crippen LogP contribution in [0.15, 0.2) is 85.2 Å². The molecule has 0 spiro atoms. The number of likely N-dealkylation sites (N-methyl/N-ethyl adjacent to an activating group) is 1. The number of anilines is 1. The van der Waals surface area contributed by atoms with E-state index in [1.807, 2.05) is 6.07 Å². The highest BCUT2D eigenvalue weighted by molar-refractivity contribution is 6.35. The van der Waals surface area contributed by atoms with E-state index in [2.05, 4.69) is 10.1 Å². The number of carboxylic acid groups (broad SMARTS) is 1. The van der Waals surface area contributed by atoms with E-state index in [0.29, 0.717) is 46.2 Å². The highest BCUT2D eigenvalue weighted by Crippen LogP contribution is 2.38. The van der Waals surface area contributed by atoms with Crippen LogP contribution in [0.2, 0.25) is 10.0 Å². The zero-order valence-corrected chi connectivity index (χ0v) is 28.4. The Balaban J connectivity index is 1.31. The van der Waals surface area contributed by atoms with Gasteiger partial charge in [0.15, 0.2) is 23.9 Å². The maximum atomic E-state index is 13.4. The summed E-state index contributed by atoms with van der Waals surface area (Å²) in [6.45, 7) is -2.62. The van der Waals surface area contributed by atoms with Gasteiger partial charge >= 0.3 is 12.6 Å². The molecule has 5 rings (SSSR count). The van der Waals surface area contributed by atoms with Gasteiger partial charge in [-0.25, -0.2) is 0 Å². The van der Waals surface area contributed by atoms with Gasteiger partial charge < -0.3 is 34.6 Å². The van der Waals surface area contributed by atoms with Gasteiger partial charge in [0.1, 0.15) is 16.1 Å². The summed E-state index contributed by atoms with van der Waals surface area (Å²) >= 11 is 12.7. The average Bonchev–Trinajstić information content (AvgIpc) is 3.89. The lowest BCUT2D eigenvalue weighted by Gasteiger charge is -2.24. The van der Waals surface area contributed by atoms with Crippen molar-refractivity contribution < 1.29 is 42.4 Å². The summed E-state index contributed by atoms with van der Waals surface area (Å²) in [5.41, 5.74) is 2.61. The number of esters is 1. The number of carbonyl (C=O) groups excluding carboxylic acids is 2. The summed E-state index contributed by atoms with van der Waals surface area (Å²) in [7, 11) is 1.71. The van der Waals surface area contributed by atoms with Crippen molar-refractivity contribution in [1.82, 2.24) is 4.90 Å². The molecule has 1 N–H and O–H groups in total. The zero-order chi connectivity index (χ0) is 35.8. The van der Waals surface area contributed by atoms with E-state index in [9.17, 15) is 28.7 Å². The predicted molar refractivity (Wildman–Crippen MR) is 180 cm³/mol. The van der Waals surface area contributed by atoms with Crippen LogP contribution in [0.25, 0.3) is 0 Å². The van der Waals surface area contributed by atoms with Crippen molar-refractivity contribution in [3.05, 3.63) is 123 Å². The summed E-state index contributed by atoms with van der Waals surface area (Å²) in [6, 6.07) is 19.0. The third kappa shape index (κ3) is 10.4. The van der Waals surface area contributed by atoms with Crippen molar-refractivity contribution in [3.63, 3.8) is 0 Å². The number of ether oxygens (including phenoxy) is 3. The minimum Gasteiger partial charge on any atom is -0.619 e. The van der Waals surface area contributed by atoms with Crippen molar-refractivity contribution in [2.24, 2.45) is 5.92 Å². The molecule has 1 fully saturated rings. The lowest BCUT2D eigenvalue weighted by Crippen LogP contribution is -2.34. The SMILES string of the molecule is CN(CC(=O)O[C@@H](Cc1c(Cl)c[n+]([O-])cc1Cl)c1ccc(OC(F)F)c(OCC2CC2)c1)Cc1cccc(NC(C(=O)[O-])c2ccccc2)c1. The van der Waals surface area contributed by atoms with Gasteiger partial charge in [-0.3, -0.25) is 9.69 Å². The van der Waals surface area contributed by atoms with Crippen molar-refractivity contribution in [3.8, 4) is 11.5 Å². The van der Waals surface area contributed by atoms with Gasteiger partial charge in [-0.2, -0.15) is 13.5 Å². The van der Waals surface area contributed by atoms with Crippen LogP contribution in [-0.2, 0) is 27.3 Å². The number of aliphatic carboxylic acids is 1. The summed E-state index contributed by atoms with van der Waals surface area (Å²) in [6.07, 6.45) is 3.13. The molecular weight excluding hydrogens is 695 g/mol. The molecular formula is C36H34Cl2F2N3O7-. The number of aromatic nitrogens is 1. The fourth-order valence-electron chi connectivity index (χ4n) is 5.30.